The Morgan fingerprint density at radius 3 is 2.46 bits per heavy atom. The van der Waals surface area contributed by atoms with Gasteiger partial charge in [0.1, 0.15) is 5.75 Å². The van der Waals surface area contributed by atoms with Gasteiger partial charge in [-0.15, -0.1) is 0 Å². The summed E-state index contributed by atoms with van der Waals surface area (Å²) in [4.78, 5) is 4.70. The molecule has 2 aliphatic rings. The Kier molecular flexibility index (Phi) is 7.48. The molecule has 1 aromatic heterocycles. The molecule has 2 heterocycles. The first-order chi connectivity index (χ1) is 17.1. The minimum atomic E-state index is -0.403. The lowest BCUT2D eigenvalue weighted by atomic mass is 10.2. The van der Waals surface area contributed by atoms with Crippen molar-refractivity contribution in [3.8, 4) is 17.3 Å². The van der Waals surface area contributed by atoms with Crippen LogP contribution in [0, 0.1) is 13.8 Å². The van der Waals surface area contributed by atoms with Gasteiger partial charge in [-0.25, -0.2) is 4.68 Å². The van der Waals surface area contributed by atoms with E-state index in [0.29, 0.717) is 25.7 Å². The van der Waals surface area contributed by atoms with E-state index in [4.69, 9.17) is 14.6 Å². The quantitative estimate of drug-likeness (QED) is 0.478. The molecule has 1 N–H and O–H groups in total. The Morgan fingerprint density at radius 1 is 1.06 bits per heavy atom. The highest BCUT2D eigenvalue weighted by atomic mass is 16.5. The third kappa shape index (κ3) is 6.11. The molecule has 1 saturated heterocycles. The number of hydrogen-bond acceptors (Lipinski definition) is 6. The van der Waals surface area contributed by atoms with E-state index in [-0.39, 0.29) is 0 Å². The molecule has 3 aromatic rings. The van der Waals surface area contributed by atoms with Crippen LogP contribution < -0.4 is 4.74 Å². The molecule has 7 heteroatoms. The Labute approximate surface area is 207 Å². The van der Waals surface area contributed by atoms with Crippen molar-refractivity contribution in [1.29, 1.82) is 0 Å². The maximum atomic E-state index is 10.9. The van der Waals surface area contributed by atoms with Crippen LogP contribution in [0.15, 0.2) is 54.6 Å². The van der Waals surface area contributed by atoms with Crippen molar-refractivity contribution in [2.75, 3.05) is 39.4 Å². The van der Waals surface area contributed by atoms with Gasteiger partial charge in [0.2, 0.25) is 5.88 Å². The average Bonchev–Trinajstić information content (AvgIpc) is 3.67. The molecule has 7 nitrogen and oxygen atoms in total. The summed E-state index contributed by atoms with van der Waals surface area (Å²) in [6, 6.07) is 18.7. The maximum absolute atomic E-state index is 10.9. The topological polar surface area (TPSA) is 63.0 Å². The van der Waals surface area contributed by atoms with E-state index in [2.05, 4.69) is 28.9 Å². The van der Waals surface area contributed by atoms with E-state index in [1.807, 2.05) is 54.1 Å². The van der Waals surface area contributed by atoms with Crippen LogP contribution in [0.5, 0.6) is 11.6 Å². The highest BCUT2D eigenvalue weighted by molar-refractivity contribution is 5.43. The average molecular weight is 477 g/mol. The minimum absolute atomic E-state index is 0.403. The molecule has 1 saturated carbocycles. The monoisotopic (exact) mass is 476 g/mol. The molecular weight excluding hydrogens is 440 g/mol. The summed E-state index contributed by atoms with van der Waals surface area (Å²) in [7, 11) is 0. The van der Waals surface area contributed by atoms with Gasteiger partial charge in [0.15, 0.2) is 0 Å². The normalized spacial score (nSPS) is 17.6. The van der Waals surface area contributed by atoms with E-state index >= 15 is 0 Å². The molecule has 1 atom stereocenters. The van der Waals surface area contributed by atoms with Crippen molar-refractivity contribution in [2.24, 2.45) is 0 Å². The minimum Gasteiger partial charge on any atom is -0.439 e. The number of benzene rings is 2. The zero-order valence-electron chi connectivity index (χ0n) is 20.8. The van der Waals surface area contributed by atoms with E-state index in [0.717, 1.165) is 54.9 Å². The summed E-state index contributed by atoms with van der Waals surface area (Å²) >= 11 is 0. The fourth-order valence-corrected chi connectivity index (χ4v) is 4.68. The molecule has 0 bridgehead atoms. The van der Waals surface area contributed by atoms with Gasteiger partial charge >= 0.3 is 0 Å². The Bertz CT molecular complexity index is 1090. The highest BCUT2D eigenvalue weighted by Crippen LogP contribution is 2.35. The predicted octanol–water partition coefficient (Wildman–Crippen LogP) is 3.94. The molecule has 2 aromatic carbocycles. The van der Waals surface area contributed by atoms with Gasteiger partial charge in [-0.2, -0.15) is 5.10 Å². The van der Waals surface area contributed by atoms with Gasteiger partial charge in [0.25, 0.3) is 0 Å². The summed E-state index contributed by atoms with van der Waals surface area (Å²) in [5.41, 5.74) is 4.18. The molecule has 1 aliphatic carbocycles. The Hall–Kier alpha value is -2.71. The lowest BCUT2D eigenvalue weighted by Gasteiger charge is -2.31. The molecular formula is C28H36N4O3. The molecule has 35 heavy (non-hydrogen) atoms. The second kappa shape index (κ2) is 10.9. The highest BCUT2D eigenvalue weighted by Gasteiger charge is 2.33. The summed E-state index contributed by atoms with van der Waals surface area (Å²) in [6.45, 7) is 9.41. The number of rotatable bonds is 10. The van der Waals surface area contributed by atoms with Gasteiger partial charge in [0.05, 0.1) is 36.3 Å². The zero-order chi connectivity index (χ0) is 24.2. The van der Waals surface area contributed by atoms with E-state index in [1.54, 1.807) is 0 Å². The van der Waals surface area contributed by atoms with Crippen LogP contribution in [0.2, 0.25) is 0 Å². The third-order valence-corrected chi connectivity index (χ3v) is 6.82. The summed E-state index contributed by atoms with van der Waals surface area (Å²) in [6.07, 6.45) is 1.94. The van der Waals surface area contributed by atoms with Gasteiger partial charge in [-0.3, -0.25) is 9.80 Å². The van der Waals surface area contributed by atoms with Crippen LogP contribution in [0.3, 0.4) is 0 Å². The van der Waals surface area contributed by atoms with Crippen LogP contribution in [-0.2, 0) is 11.3 Å². The molecule has 5 rings (SSSR count). The number of nitrogens with zero attached hydrogens (tertiary/aromatic N) is 4. The van der Waals surface area contributed by atoms with Crippen LogP contribution in [0.4, 0.5) is 0 Å². The fraction of sp³-hybridized carbons (Fsp3) is 0.464. The first-order valence-corrected chi connectivity index (χ1v) is 12.7. The molecule has 2 fully saturated rings. The second-order valence-corrected chi connectivity index (χ2v) is 9.76. The lowest BCUT2D eigenvalue weighted by Crippen LogP contribution is -2.45. The summed E-state index contributed by atoms with van der Waals surface area (Å²) < 4.78 is 13.8. The molecule has 1 unspecified atom stereocenters. The number of aliphatic hydroxyl groups is 1. The molecule has 0 spiro atoms. The van der Waals surface area contributed by atoms with Crippen LogP contribution >= 0.6 is 0 Å². The number of hydrogen-bond donors (Lipinski definition) is 1. The number of aliphatic hydroxyl groups excluding tert-OH is 1. The molecule has 1 aliphatic heterocycles. The lowest BCUT2D eigenvalue weighted by molar-refractivity contribution is 0.00545. The molecule has 0 radical (unpaired) electrons. The summed E-state index contributed by atoms with van der Waals surface area (Å²) in [5.74, 6) is 1.53. The largest absolute Gasteiger partial charge is 0.439 e. The van der Waals surface area contributed by atoms with Crippen LogP contribution in [0.1, 0.15) is 29.7 Å². The van der Waals surface area contributed by atoms with Gasteiger partial charge in [0, 0.05) is 38.8 Å². The number of para-hydroxylation sites is 1. The maximum Gasteiger partial charge on any atom is 0.227 e. The predicted molar refractivity (Wildman–Crippen MR) is 136 cm³/mol. The molecule has 186 valence electrons. The van der Waals surface area contributed by atoms with Gasteiger partial charge in [-0.05, 0) is 51.0 Å². The fourth-order valence-electron chi connectivity index (χ4n) is 4.68. The second-order valence-electron chi connectivity index (χ2n) is 9.76. The van der Waals surface area contributed by atoms with Gasteiger partial charge < -0.3 is 14.6 Å². The van der Waals surface area contributed by atoms with Gasteiger partial charge in [-0.1, -0.05) is 35.9 Å². The number of β-amino-alcohol motifs (C(OH)–C–C–N with tert-alkyl or cyclic N) is 1. The summed E-state index contributed by atoms with van der Waals surface area (Å²) in [5, 5.41) is 15.8. The van der Waals surface area contributed by atoms with Crippen molar-refractivity contribution in [1.82, 2.24) is 19.6 Å². The van der Waals surface area contributed by atoms with Crippen molar-refractivity contribution >= 4 is 0 Å². The van der Waals surface area contributed by atoms with Crippen molar-refractivity contribution in [2.45, 2.75) is 45.4 Å². The van der Waals surface area contributed by atoms with Crippen LogP contribution in [0.25, 0.3) is 5.69 Å². The SMILES string of the molecule is Cc1ccc(Oc2c(CN(CC(O)CN3CCOCC3)C3CC3)c(C)nn2-c2ccccc2)cc1. The van der Waals surface area contributed by atoms with Crippen LogP contribution in [-0.4, -0.2) is 76.2 Å². The standard InChI is InChI=1S/C28H36N4O3/c1-21-8-12-26(13-9-21)35-28-27(22(2)29-32(28)24-6-4-3-5-7-24)20-31(23-10-11-23)19-25(33)18-30-14-16-34-17-15-30/h3-9,12-13,23,25,33H,10-11,14-20H2,1-2H3. The van der Waals surface area contributed by atoms with Crippen molar-refractivity contribution in [3.05, 3.63) is 71.4 Å². The van der Waals surface area contributed by atoms with Crippen molar-refractivity contribution in [3.63, 3.8) is 0 Å². The van der Waals surface area contributed by atoms with E-state index in [1.165, 1.54) is 18.4 Å². The van der Waals surface area contributed by atoms with E-state index in [9.17, 15) is 5.11 Å². The van der Waals surface area contributed by atoms with E-state index < -0.39 is 6.10 Å². The Morgan fingerprint density at radius 2 is 1.77 bits per heavy atom. The smallest absolute Gasteiger partial charge is 0.227 e. The number of aryl methyl sites for hydroxylation is 2. The number of morpholine rings is 1. The number of aromatic nitrogens is 2. The third-order valence-electron chi connectivity index (χ3n) is 6.82. The molecule has 0 amide bonds. The first kappa shape index (κ1) is 24.0. The first-order valence-electron chi connectivity index (χ1n) is 12.7. The number of ether oxygens (including phenoxy) is 2. The zero-order valence-corrected chi connectivity index (χ0v) is 20.8. The Balaban J connectivity index is 1.40. The van der Waals surface area contributed by atoms with Crippen molar-refractivity contribution < 1.29 is 14.6 Å².